The molecule has 4 heteroatoms. The Hall–Kier alpha value is -1.32. The van der Waals surface area contributed by atoms with E-state index in [-0.39, 0.29) is 0 Å². The summed E-state index contributed by atoms with van der Waals surface area (Å²) in [5.41, 5.74) is 0. The molecule has 0 radical (unpaired) electrons. The molecule has 0 unspecified atom stereocenters. The third-order valence-corrected chi connectivity index (χ3v) is 2.96. The molecular formula is C13H22N4. The van der Waals surface area contributed by atoms with Crippen LogP contribution in [0.15, 0.2) is 12.4 Å². The van der Waals surface area contributed by atoms with Crippen LogP contribution in [0.5, 0.6) is 0 Å². The third kappa shape index (κ3) is 3.32. The molecule has 4 nitrogen and oxygen atoms in total. The monoisotopic (exact) mass is 234 g/mol. The number of aromatic nitrogens is 2. The summed E-state index contributed by atoms with van der Waals surface area (Å²) >= 11 is 0. The largest absolute Gasteiger partial charge is 0.370 e. The highest BCUT2D eigenvalue weighted by Gasteiger charge is 2.29. The van der Waals surface area contributed by atoms with E-state index in [1.54, 1.807) is 6.33 Å². The van der Waals surface area contributed by atoms with Gasteiger partial charge in [-0.2, -0.15) is 0 Å². The van der Waals surface area contributed by atoms with E-state index in [0.717, 1.165) is 37.6 Å². The van der Waals surface area contributed by atoms with Crippen LogP contribution in [0, 0.1) is 0 Å². The van der Waals surface area contributed by atoms with Gasteiger partial charge in [-0.25, -0.2) is 9.97 Å². The number of nitrogens with one attached hydrogen (secondary N) is 1. The Kier molecular flexibility index (Phi) is 4.18. The minimum absolute atomic E-state index is 0.712. The Bertz CT molecular complexity index is 349. The molecule has 1 heterocycles. The van der Waals surface area contributed by atoms with Crippen molar-refractivity contribution in [3.63, 3.8) is 0 Å². The molecule has 17 heavy (non-hydrogen) atoms. The Morgan fingerprint density at radius 3 is 2.76 bits per heavy atom. The summed E-state index contributed by atoms with van der Waals surface area (Å²) < 4.78 is 0. The normalized spacial score (nSPS) is 14.7. The molecule has 1 fully saturated rings. The molecule has 1 aromatic heterocycles. The highest BCUT2D eigenvalue weighted by molar-refractivity contribution is 5.49. The quantitative estimate of drug-likeness (QED) is 0.787. The molecule has 2 rings (SSSR count). The lowest BCUT2D eigenvalue weighted by molar-refractivity contribution is 0.748. The van der Waals surface area contributed by atoms with Gasteiger partial charge >= 0.3 is 0 Å². The zero-order valence-corrected chi connectivity index (χ0v) is 10.8. The summed E-state index contributed by atoms with van der Waals surface area (Å²) in [4.78, 5) is 11.1. The first kappa shape index (κ1) is 12.1. The van der Waals surface area contributed by atoms with Crippen molar-refractivity contribution < 1.29 is 0 Å². The van der Waals surface area contributed by atoms with Gasteiger partial charge in [-0.05, 0) is 25.7 Å². The Labute approximate surface area is 103 Å². The molecule has 1 aromatic rings. The van der Waals surface area contributed by atoms with Crippen molar-refractivity contribution in [1.29, 1.82) is 0 Å². The van der Waals surface area contributed by atoms with Crippen molar-refractivity contribution in [2.45, 2.75) is 45.6 Å². The SMILES string of the molecule is CCCNc1cc(N(CCC)C2CC2)ncn1. The highest BCUT2D eigenvalue weighted by atomic mass is 15.2. The molecule has 94 valence electrons. The molecule has 0 amide bonds. The number of rotatable bonds is 7. The lowest BCUT2D eigenvalue weighted by atomic mass is 10.3. The van der Waals surface area contributed by atoms with E-state index in [1.165, 1.54) is 12.8 Å². The number of nitrogens with zero attached hydrogens (tertiary/aromatic N) is 3. The van der Waals surface area contributed by atoms with Gasteiger partial charge in [-0.3, -0.25) is 0 Å². The van der Waals surface area contributed by atoms with E-state index in [4.69, 9.17) is 0 Å². The molecule has 1 aliphatic rings. The molecule has 0 saturated heterocycles. The first-order valence-corrected chi connectivity index (χ1v) is 6.67. The van der Waals surface area contributed by atoms with Crippen molar-refractivity contribution in [1.82, 2.24) is 9.97 Å². The minimum Gasteiger partial charge on any atom is -0.370 e. The van der Waals surface area contributed by atoms with Crippen molar-refractivity contribution in [3.05, 3.63) is 12.4 Å². The predicted octanol–water partition coefficient (Wildman–Crippen LogP) is 2.68. The number of anilines is 2. The van der Waals surface area contributed by atoms with E-state index in [9.17, 15) is 0 Å². The van der Waals surface area contributed by atoms with Crippen LogP contribution in [0.25, 0.3) is 0 Å². The lowest BCUT2D eigenvalue weighted by Crippen LogP contribution is -2.27. The molecule has 1 N–H and O–H groups in total. The second kappa shape index (κ2) is 5.84. The summed E-state index contributed by atoms with van der Waals surface area (Å²) in [6.45, 7) is 6.43. The van der Waals surface area contributed by atoms with E-state index >= 15 is 0 Å². The van der Waals surface area contributed by atoms with E-state index in [1.807, 2.05) is 0 Å². The molecular weight excluding hydrogens is 212 g/mol. The Morgan fingerprint density at radius 2 is 2.12 bits per heavy atom. The zero-order valence-electron chi connectivity index (χ0n) is 10.8. The van der Waals surface area contributed by atoms with Crippen LogP contribution in [-0.2, 0) is 0 Å². The molecule has 0 aliphatic heterocycles. The van der Waals surface area contributed by atoms with Gasteiger partial charge in [0.05, 0.1) is 0 Å². The first-order chi connectivity index (χ1) is 8.35. The van der Waals surface area contributed by atoms with Crippen LogP contribution < -0.4 is 10.2 Å². The average molecular weight is 234 g/mol. The maximum Gasteiger partial charge on any atom is 0.134 e. The summed E-state index contributed by atoms with van der Waals surface area (Å²) in [6.07, 6.45) is 6.56. The van der Waals surface area contributed by atoms with Gasteiger partial charge in [0.1, 0.15) is 18.0 Å². The van der Waals surface area contributed by atoms with E-state index in [2.05, 4.69) is 40.1 Å². The van der Waals surface area contributed by atoms with Gasteiger partial charge in [-0.15, -0.1) is 0 Å². The molecule has 0 spiro atoms. The van der Waals surface area contributed by atoms with Crippen LogP contribution in [0.2, 0.25) is 0 Å². The fourth-order valence-corrected chi connectivity index (χ4v) is 1.97. The van der Waals surface area contributed by atoms with E-state index in [0.29, 0.717) is 6.04 Å². The van der Waals surface area contributed by atoms with Crippen molar-refractivity contribution in [2.24, 2.45) is 0 Å². The standard InChI is InChI=1S/C13H22N4/c1-3-7-14-12-9-13(16-10-15-12)17(8-4-2)11-5-6-11/h9-11H,3-8H2,1-2H3,(H,14,15,16). The second-order valence-electron chi connectivity index (χ2n) is 4.61. The molecule has 0 aromatic carbocycles. The van der Waals surface area contributed by atoms with Crippen molar-refractivity contribution in [3.8, 4) is 0 Å². The average Bonchev–Trinajstić information content (AvgIpc) is 3.18. The molecule has 1 saturated carbocycles. The molecule has 1 aliphatic carbocycles. The maximum absolute atomic E-state index is 4.40. The summed E-state index contributed by atoms with van der Waals surface area (Å²) in [6, 6.07) is 2.78. The first-order valence-electron chi connectivity index (χ1n) is 6.67. The van der Waals surface area contributed by atoms with Crippen LogP contribution in [0.1, 0.15) is 39.5 Å². The fourth-order valence-electron chi connectivity index (χ4n) is 1.97. The van der Waals surface area contributed by atoms with Crippen LogP contribution in [0.4, 0.5) is 11.6 Å². The third-order valence-electron chi connectivity index (χ3n) is 2.96. The lowest BCUT2D eigenvalue weighted by Gasteiger charge is -2.23. The Morgan fingerprint density at radius 1 is 1.29 bits per heavy atom. The van der Waals surface area contributed by atoms with Crippen LogP contribution in [0.3, 0.4) is 0 Å². The Balaban J connectivity index is 2.07. The summed E-state index contributed by atoms with van der Waals surface area (Å²) in [7, 11) is 0. The second-order valence-corrected chi connectivity index (χ2v) is 4.61. The van der Waals surface area contributed by atoms with Gasteiger partial charge in [0.25, 0.3) is 0 Å². The van der Waals surface area contributed by atoms with Crippen LogP contribution >= 0.6 is 0 Å². The molecule has 0 atom stereocenters. The predicted molar refractivity (Wildman–Crippen MR) is 71.5 cm³/mol. The van der Waals surface area contributed by atoms with Crippen molar-refractivity contribution >= 4 is 11.6 Å². The van der Waals surface area contributed by atoms with Gasteiger partial charge in [-0.1, -0.05) is 13.8 Å². The fraction of sp³-hybridized carbons (Fsp3) is 0.692. The highest BCUT2D eigenvalue weighted by Crippen LogP contribution is 2.31. The van der Waals surface area contributed by atoms with Gasteiger partial charge in [0.15, 0.2) is 0 Å². The smallest absolute Gasteiger partial charge is 0.134 e. The van der Waals surface area contributed by atoms with Gasteiger partial charge < -0.3 is 10.2 Å². The van der Waals surface area contributed by atoms with Gasteiger partial charge in [0, 0.05) is 25.2 Å². The molecule has 0 bridgehead atoms. The van der Waals surface area contributed by atoms with Crippen molar-refractivity contribution in [2.75, 3.05) is 23.3 Å². The van der Waals surface area contributed by atoms with E-state index < -0.39 is 0 Å². The minimum atomic E-state index is 0.712. The van der Waals surface area contributed by atoms with Crippen LogP contribution in [-0.4, -0.2) is 29.1 Å². The summed E-state index contributed by atoms with van der Waals surface area (Å²) in [5, 5.41) is 3.31. The topological polar surface area (TPSA) is 41.0 Å². The van der Waals surface area contributed by atoms with Gasteiger partial charge in [0.2, 0.25) is 0 Å². The summed E-state index contributed by atoms with van der Waals surface area (Å²) in [5.74, 6) is 2.02. The maximum atomic E-state index is 4.40. The zero-order chi connectivity index (χ0) is 12.1. The number of hydrogen-bond donors (Lipinski definition) is 1. The number of hydrogen-bond acceptors (Lipinski definition) is 4.